The van der Waals surface area contributed by atoms with E-state index >= 15 is 0 Å². The molecule has 0 bridgehead atoms. The van der Waals surface area contributed by atoms with Crippen molar-refractivity contribution >= 4 is 51.9 Å². The summed E-state index contributed by atoms with van der Waals surface area (Å²) in [5.41, 5.74) is 3.32. The zero-order valence-corrected chi connectivity index (χ0v) is 23.8. The average Bonchev–Trinajstić information content (AvgIpc) is 3.44. The summed E-state index contributed by atoms with van der Waals surface area (Å²) in [6, 6.07) is 15.5. The molecule has 1 aliphatic rings. The first-order valence-corrected chi connectivity index (χ1v) is 14.4. The number of hydrogen-bond donors (Lipinski definition) is 0. The first-order chi connectivity index (χ1) is 17.9. The quantitative estimate of drug-likeness (QED) is 0.178. The van der Waals surface area contributed by atoms with Crippen LogP contribution in [-0.2, 0) is 4.79 Å². The predicted molar refractivity (Wildman–Crippen MR) is 158 cm³/mol. The van der Waals surface area contributed by atoms with Gasteiger partial charge in [-0.15, -0.1) is 0 Å². The number of halogens is 1. The molecule has 2 heterocycles. The Morgan fingerprint density at radius 3 is 2.62 bits per heavy atom. The Morgan fingerprint density at radius 2 is 1.95 bits per heavy atom. The van der Waals surface area contributed by atoms with Crippen molar-refractivity contribution in [1.82, 2.24) is 14.7 Å². The molecule has 0 saturated carbocycles. The van der Waals surface area contributed by atoms with Gasteiger partial charge >= 0.3 is 0 Å². The van der Waals surface area contributed by atoms with Gasteiger partial charge in [-0.2, -0.15) is 5.10 Å². The summed E-state index contributed by atoms with van der Waals surface area (Å²) in [5, 5.41) is 5.39. The van der Waals surface area contributed by atoms with Crippen molar-refractivity contribution in [2.45, 2.75) is 46.5 Å². The third kappa shape index (κ3) is 6.46. The number of thioether (sulfide) groups is 1. The fourth-order valence-electron chi connectivity index (χ4n) is 4.33. The van der Waals surface area contributed by atoms with Crippen molar-refractivity contribution in [2.75, 3.05) is 13.2 Å². The molecular formula is C29H32ClN3O2S2. The molecule has 1 aliphatic heterocycles. The van der Waals surface area contributed by atoms with Crippen molar-refractivity contribution in [1.29, 1.82) is 0 Å². The van der Waals surface area contributed by atoms with Crippen LogP contribution in [0.1, 0.15) is 52.0 Å². The fraction of sp³-hybridized carbons (Fsp3) is 0.345. The average molecular weight is 554 g/mol. The van der Waals surface area contributed by atoms with E-state index in [0.29, 0.717) is 39.1 Å². The van der Waals surface area contributed by atoms with Gasteiger partial charge in [0.05, 0.1) is 22.2 Å². The van der Waals surface area contributed by atoms with Gasteiger partial charge in [-0.1, -0.05) is 86.9 Å². The highest BCUT2D eigenvalue weighted by Crippen LogP contribution is 2.37. The standard InChI is InChI=1S/C29H32ClN3O2S2/c1-4-7-11-20(5-2)18-32-28(34)26(37-29(32)36)17-22-19-33(23-12-9-8-10-13-23)31-27(22)21-14-15-25(35-6-3)24(30)16-21/h8-10,12-17,19-20H,4-7,11,18H2,1-3H3. The molecule has 37 heavy (non-hydrogen) atoms. The van der Waals surface area contributed by atoms with Gasteiger partial charge in [0.25, 0.3) is 5.91 Å². The second-order valence-electron chi connectivity index (χ2n) is 9.00. The number of para-hydroxylation sites is 1. The number of carbonyl (C=O) groups excluding carboxylic acids is 1. The van der Waals surface area contributed by atoms with Crippen LogP contribution < -0.4 is 4.74 Å². The summed E-state index contributed by atoms with van der Waals surface area (Å²) in [6.45, 7) is 7.50. The molecule has 1 amide bonds. The van der Waals surface area contributed by atoms with Crippen LogP contribution in [0.15, 0.2) is 59.6 Å². The number of benzene rings is 2. The highest BCUT2D eigenvalue weighted by Gasteiger charge is 2.33. The van der Waals surface area contributed by atoms with Crippen LogP contribution in [0.3, 0.4) is 0 Å². The van der Waals surface area contributed by atoms with E-state index in [1.807, 2.05) is 72.4 Å². The maximum atomic E-state index is 13.4. The molecule has 0 N–H and O–H groups in total. The van der Waals surface area contributed by atoms with Crippen LogP contribution in [-0.4, -0.2) is 38.1 Å². The molecule has 1 saturated heterocycles. The molecule has 194 valence electrons. The minimum absolute atomic E-state index is 0.0342. The summed E-state index contributed by atoms with van der Waals surface area (Å²) >= 11 is 13.5. The van der Waals surface area contributed by atoms with Gasteiger partial charge in [-0.25, -0.2) is 4.68 Å². The number of nitrogens with zero attached hydrogens (tertiary/aromatic N) is 3. The van der Waals surface area contributed by atoms with E-state index in [1.165, 1.54) is 11.8 Å². The number of amides is 1. The molecular weight excluding hydrogens is 522 g/mol. The number of thiocarbonyl (C=S) groups is 1. The maximum absolute atomic E-state index is 13.4. The molecule has 0 spiro atoms. The molecule has 2 aromatic carbocycles. The molecule has 8 heteroatoms. The number of unbranched alkanes of at least 4 members (excludes halogenated alkanes) is 1. The van der Waals surface area contributed by atoms with Crippen LogP contribution in [0, 0.1) is 5.92 Å². The van der Waals surface area contributed by atoms with E-state index in [-0.39, 0.29) is 5.91 Å². The van der Waals surface area contributed by atoms with E-state index in [2.05, 4.69) is 13.8 Å². The Labute approximate surface area is 233 Å². The summed E-state index contributed by atoms with van der Waals surface area (Å²) in [6.07, 6.45) is 8.29. The van der Waals surface area contributed by atoms with Gasteiger partial charge in [-0.3, -0.25) is 9.69 Å². The lowest BCUT2D eigenvalue weighted by Gasteiger charge is -2.21. The molecule has 3 aromatic rings. The number of aromatic nitrogens is 2. The largest absolute Gasteiger partial charge is 0.492 e. The minimum Gasteiger partial charge on any atom is -0.492 e. The summed E-state index contributed by atoms with van der Waals surface area (Å²) < 4.78 is 8.05. The Balaban J connectivity index is 1.70. The van der Waals surface area contributed by atoms with Crippen molar-refractivity contribution in [3.8, 4) is 22.7 Å². The lowest BCUT2D eigenvalue weighted by atomic mass is 9.99. The second kappa shape index (κ2) is 12.8. The molecule has 1 aromatic heterocycles. The Morgan fingerprint density at radius 1 is 1.16 bits per heavy atom. The number of hydrogen-bond acceptors (Lipinski definition) is 5. The smallest absolute Gasteiger partial charge is 0.266 e. The first kappa shape index (κ1) is 27.4. The highest BCUT2D eigenvalue weighted by atomic mass is 35.5. The molecule has 1 unspecified atom stereocenters. The van der Waals surface area contributed by atoms with Gasteiger partial charge in [0.1, 0.15) is 15.8 Å². The van der Waals surface area contributed by atoms with Crippen molar-refractivity contribution in [3.05, 3.63) is 70.2 Å². The lowest BCUT2D eigenvalue weighted by molar-refractivity contribution is -0.122. The van der Waals surface area contributed by atoms with Gasteiger partial charge in [-0.05, 0) is 55.7 Å². The second-order valence-corrected chi connectivity index (χ2v) is 11.1. The minimum atomic E-state index is -0.0342. The Bertz CT molecular complexity index is 1290. The lowest BCUT2D eigenvalue weighted by Crippen LogP contribution is -2.33. The van der Waals surface area contributed by atoms with Crippen LogP contribution >= 0.6 is 35.6 Å². The molecule has 5 nitrogen and oxygen atoms in total. The third-order valence-corrected chi connectivity index (χ3v) is 8.09. The molecule has 0 radical (unpaired) electrons. The monoisotopic (exact) mass is 553 g/mol. The van der Waals surface area contributed by atoms with E-state index < -0.39 is 0 Å². The summed E-state index contributed by atoms with van der Waals surface area (Å²) in [5.74, 6) is 1.05. The van der Waals surface area contributed by atoms with Crippen LogP contribution in [0.25, 0.3) is 23.0 Å². The van der Waals surface area contributed by atoms with Gasteiger partial charge in [0, 0.05) is 23.9 Å². The summed E-state index contributed by atoms with van der Waals surface area (Å²) in [7, 11) is 0. The fourth-order valence-corrected chi connectivity index (χ4v) is 5.83. The van der Waals surface area contributed by atoms with Crippen molar-refractivity contribution < 1.29 is 9.53 Å². The van der Waals surface area contributed by atoms with E-state index in [9.17, 15) is 4.79 Å². The topological polar surface area (TPSA) is 47.4 Å². The molecule has 1 atom stereocenters. The maximum Gasteiger partial charge on any atom is 0.266 e. The first-order valence-electron chi connectivity index (χ1n) is 12.8. The molecule has 4 rings (SSSR count). The van der Waals surface area contributed by atoms with E-state index in [0.717, 1.165) is 48.2 Å². The van der Waals surface area contributed by atoms with Gasteiger partial charge in [0.2, 0.25) is 0 Å². The van der Waals surface area contributed by atoms with Crippen LogP contribution in [0.2, 0.25) is 5.02 Å². The van der Waals surface area contributed by atoms with Crippen LogP contribution in [0.5, 0.6) is 5.75 Å². The Hall–Kier alpha value is -2.61. The molecule has 0 aliphatic carbocycles. The SMILES string of the molecule is CCCCC(CC)CN1C(=O)C(=Cc2cn(-c3ccccc3)nc2-c2ccc(OCC)c(Cl)c2)SC1=S. The number of carbonyl (C=O) groups is 1. The third-order valence-electron chi connectivity index (χ3n) is 6.41. The van der Waals surface area contributed by atoms with Crippen LogP contribution in [0.4, 0.5) is 0 Å². The number of ether oxygens (including phenoxy) is 1. The van der Waals surface area contributed by atoms with E-state index in [1.54, 1.807) is 4.90 Å². The van der Waals surface area contributed by atoms with Crippen molar-refractivity contribution in [2.24, 2.45) is 5.92 Å². The zero-order valence-electron chi connectivity index (χ0n) is 21.4. The van der Waals surface area contributed by atoms with Gasteiger partial charge < -0.3 is 4.74 Å². The highest BCUT2D eigenvalue weighted by molar-refractivity contribution is 8.26. The normalized spacial score (nSPS) is 15.6. The number of rotatable bonds is 11. The van der Waals surface area contributed by atoms with Crippen molar-refractivity contribution in [3.63, 3.8) is 0 Å². The zero-order chi connectivity index (χ0) is 26.4. The molecule has 1 fully saturated rings. The Kier molecular flexibility index (Phi) is 9.46. The van der Waals surface area contributed by atoms with Gasteiger partial charge in [0.15, 0.2) is 0 Å². The predicted octanol–water partition coefficient (Wildman–Crippen LogP) is 8.01. The van der Waals surface area contributed by atoms with E-state index in [4.69, 9.17) is 33.7 Å². The summed E-state index contributed by atoms with van der Waals surface area (Å²) in [4.78, 5) is 15.8.